The molecular weight excluding hydrogens is 454 g/mol. The number of carbonyl (C=O) groups is 1. The Morgan fingerprint density at radius 2 is 1.97 bits per heavy atom. The number of benzene rings is 1. The lowest BCUT2D eigenvalue weighted by Crippen LogP contribution is -2.46. The Kier molecular flexibility index (Phi) is 5.92. The average Bonchev–Trinajstić information content (AvgIpc) is 3.60. The van der Waals surface area contributed by atoms with Gasteiger partial charge >= 0.3 is 0 Å². The van der Waals surface area contributed by atoms with E-state index in [2.05, 4.69) is 45.4 Å². The molecule has 3 aliphatic rings. The van der Waals surface area contributed by atoms with Crippen LogP contribution in [0.3, 0.4) is 0 Å². The zero-order valence-corrected chi connectivity index (χ0v) is 20.8. The first-order valence-electron chi connectivity index (χ1n) is 12.6. The number of fused-ring (bicyclic) bond motifs is 2. The normalized spacial score (nSPS) is 17.2. The van der Waals surface area contributed by atoms with Crippen molar-refractivity contribution in [2.45, 2.75) is 31.7 Å². The maximum atomic E-state index is 10.8. The van der Waals surface area contributed by atoms with E-state index in [1.54, 1.807) is 12.0 Å². The van der Waals surface area contributed by atoms with E-state index in [9.17, 15) is 4.79 Å². The summed E-state index contributed by atoms with van der Waals surface area (Å²) in [4.78, 5) is 19.9. The number of pyridine rings is 1. The van der Waals surface area contributed by atoms with Crippen molar-refractivity contribution in [1.82, 2.24) is 34.8 Å². The highest BCUT2D eigenvalue weighted by Crippen LogP contribution is 2.38. The third kappa shape index (κ3) is 4.03. The van der Waals surface area contributed by atoms with Crippen molar-refractivity contribution < 1.29 is 9.53 Å². The summed E-state index contributed by atoms with van der Waals surface area (Å²) in [7, 11) is 3.82. The molecule has 2 saturated heterocycles. The number of aromatic amines is 1. The summed E-state index contributed by atoms with van der Waals surface area (Å²) in [6.07, 6.45) is 9.44. The zero-order valence-electron chi connectivity index (χ0n) is 20.8. The molecule has 186 valence electrons. The minimum Gasteiger partial charge on any atom is -0.494 e. The van der Waals surface area contributed by atoms with Gasteiger partial charge in [0.05, 0.1) is 24.9 Å². The minimum absolute atomic E-state index is 0.208. The molecule has 4 aromatic rings. The van der Waals surface area contributed by atoms with Crippen LogP contribution in [0.4, 0.5) is 0 Å². The Labute approximate surface area is 210 Å². The molecule has 3 aromatic heterocycles. The van der Waals surface area contributed by atoms with E-state index in [1.807, 2.05) is 23.1 Å². The van der Waals surface area contributed by atoms with Gasteiger partial charge in [-0.25, -0.2) is 4.98 Å². The lowest BCUT2D eigenvalue weighted by Gasteiger charge is -2.36. The van der Waals surface area contributed by atoms with Crippen molar-refractivity contribution in [2.24, 2.45) is 0 Å². The Bertz CT molecular complexity index is 1400. The molecule has 0 spiro atoms. The minimum atomic E-state index is 0.208. The van der Waals surface area contributed by atoms with Crippen molar-refractivity contribution in [3.8, 4) is 28.3 Å². The topological polar surface area (TPSA) is 92.2 Å². The molecule has 1 aliphatic carbocycles. The van der Waals surface area contributed by atoms with Gasteiger partial charge in [-0.05, 0) is 56.9 Å². The number of nitrogens with zero attached hydrogens (tertiary/aromatic N) is 6. The second kappa shape index (κ2) is 9.39. The zero-order chi connectivity index (χ0) is 24.6. The van der Waals surface area contributed by atoms with Gasteiger partial charge in [0.2, 0.25) is 6.41 Å². The van der Waals surface area contributed by atoms with Crippen LogP contribution in [0.2, 0.25) is 0 Å². The molecule has 5 heterocycles. The molecular formula is C27H31N7O2. The van der Waals surface area contributed by atoms with Gasteiger partial charge in [-0.15, -0.1) is 0 Å². The maximum absolute atomic E-state index is 10.8. The van der Waals surface area contributed by atoms with Gasteiger partial charge in [0.25, 0.3) is 0 Å². The summed E-state index contributed by atoms with van der Waals surface area (Å²) in [5.41, 5.74) is 8.06. The third-order valence-corrected chi connectivity index (χ3v) is 7.49. The van der Waals surface area contributed by atoms with Gasteiger partial charge in [-0.3, -0.25) is 14.6 Å². The average molecular weight is 486 g/mol. The van der Waals surface area contributed by atoms with Gasteiger partial charge in [0.1, 0.15) is 22.7 Å². The quantitative estimate of drug-likeness (QED) is 0.436. The van der Waals surface area contributed by atoms with Crippen molar-refractivity contribution in [3.05, 3.63) is 47.8 Å². The largest absolute Gasteiger partial charge is 0.494 e. The summed E-state index contributed by atoms with van der Waals surface area (Å²) >= 11 is 0. The van der Waals surface area contributed by atoms with E-state index in [-0.39, 0.29) is 6.04 Å². The molecule has 2 aliphatic heterocycles. The first-order chi connectivity index (χ1) is 17.6. The molecule has 9 heteroatoms. The number of aromatic nitrogens is 5. The number of H-pyrrole nitrogens is 1. The molecule has 36 heavy (non-hydrogen) atoms. The van der Waals surface area contributed by atoms with Crippen LogP contribution in [-0.4, -0.2) is 81.5 Å². The van der Waals surface area contributed by atoms with Crippen molar-refractivity contribution in [2.75, 3.05) is 40.3 Å². The lowest BCUT2D eigenvalue weighted by atomic mass is 9.99. The molecule has 1 N–H and O–H groups in total. The Morgan fingerprint density at radius 3 is 2.69 bits per heavy atom. The summed E-state index contributed by atoms with van der Waals surface area (Å²) in [6.45, 7) is 4.01. The number of rotatable bonds is 5. The molecule has 0 unspecified atom stereocenters. The number of amides is 1. The molecule has 7 rings (SSSR count). The second-order valence-corrected chi connectivity index (χ2v) is 9.88. The van der Waals surface area contributed by atoms with Crippen LogP contribution in [0.5, 0.6) is 5.75 Å². The maximum Gasteiger partial charge on any atom is 0.209 e. The number of ether oxygens (including phenoxy) is 1. The number of carbonyl (C=O) groups excluding carboxylic acids is 1. The monoisotopic (exact) mass is 485 g/mol. The van der Waals surface area contributed by atoms with E-state index in [1.165, 1.54) is 37.1 Å². The fourth-order valence-corrected chi connectivity index (χ4v) is 5.20. The first kappa shape index (κ1) is 22.7. The standard InChI is InChI=1S/C23H22N6O2.C4H9N/c1-31-20-8-19-23(25-22(20)18-7-3-5-14-4-2-6-17(14)18)21(27-26-19)15-9-24-29(10-15)16-11-28(12-16)13-30;1-5-3-2-4-5/h3,5,7-10,13,16H,2,4,6,11-12H2,1H3,(H,26,27);2-4H2,1H3. The molecule has 1 aromatic carbocycles. The fraction of sp³-hybridized carbons (Fsp3) is 0.407. The van der Waals surface area contributed by atoms with Gasteiger partial charge in [0, 0.05) is 36.5 Å². The van der Waals surface area contributed by atoms with Gasteiger partial charge in [-0.1, -0.05) is 18.2 Å². The van der Waals surface area contributed by atoms with Crippen LogP contribution < -0.4 is 4.74 Å². The smallest absolute Gasteiger partial charge is 0.209 e. The second-order valence-electron chi connectivity index (χ2n) is 9.88. The number of aryl methyl sites for hydroxylation is 1. The Hall–Kier alpha value is -3.72. The summed E-state index contributed by atoms with van der Waals surface area (Å²) in [5, 5.41) is 12.1. The van der Waals surface area contributed by atoms with E-state index in [0.717, 1.165) is 58.5 Å². The molecule has 0 bridgehead atoms. The van der Waals surface area contributed by atoms with Gasteiger partial charge in [-0.2, -0.15) is 10.2 Å². The SMILES string of the molecule is CN1CCC1.COc1cc2[nH]nc(-c3cnn(C4CN(C=O)C4)c3)c2nc1-c1cccc2c1CCC2. The summed E-state index contributed by atoms with van der Waals surface area (Å²) in [5.74, 6) is 0.738. The number of hydrogen-bond acceptors (Lipinski definition) is 6. The molecule has 9 nitrogen and oxygen atoms in total. The highest BCUT2D eigenvalue weighted by atomic mass is 16.5. The molecule has 2 fully saturated rings. The Morgan fingerprint density at radius 1 is 1.14 bits per heavy atom. The van der Waals surface area contributed by atoms with E-state index in [0.29, 0.717) is 13.1 Å². The van der Waals surface area contributed by atoms with Crippen LogP contribution in [0, 0.1) is 0 Å². The van der Waals surface area contributed by atoms with E-state index in [4.69, 9.17) is 9.72 Å². The van der Waals surface area contributed by atoms with Gasteiger partial charge in [0.15, 0.2) is 0 Å². The Balaban J connectivity index is 0.000000431. The fourth-order valence-electron chi connectivity index (χ4n) is 5.20. The van der Waals surface area contributed by atoms with E-state index >= 15 is 0 Å². The van der Waals surface area contributed by atoms with Crippen LogP contribution >= 0.6 is 0 Å². The number of nitrogens with one attached hydrogen (secondary N) is 1. The van der Waals surface area contributed by atoms with Crippen LogP contribution in [0.15, 0.2) is 36.7 Å². The van der Waals surface area contributed by atoms with Gasteiger partial charge < -0.3 is 14.5 Å². The molecule has 0 saturated carbocycles. The van der Waals surface area contributed by atoms with E-state index < -0.39 is 0 Å². The third-order valence-electron chi connectivity index (χ3n) is 7.49. The molecule has 0 atom stereocenters. The summed E-state index contributed by atoms with van der Waals surface area (Å²) in [6, 6.07) is 8.63. The van der Waals surface area contributed by atoms with Crippen LogP contribution in [0.1, 0.15) is 30.0 Å². The highest BCUT2D eigenvalue weighted by molar-refractivity contribution is 5.92. The molecule has 0 radical (unpaired) electrons. The summed E-state index contributed by atoms with van der Waals surface area (Å²) < 4.78 is 7.61. The lowest BCUT2D eigenvalue weighted by molar-refractivity contribution is -0.123. The predicted octanol–water partition coefficient (Wildman–Crippen LogP) is 3.32. The number of likely N-dealkylation sites (tertiary alicyclic amines) is 2. The van der Waals surface area contributed by atoms with Crippen molar-refractivity contribution in [1.29, 1.82) is 0 Å². The number of methoxy groups -OCH3 is 1. The highest BCUT2D eigenvalue weighted by Gasteiger charge is 2.28. The van der Waals surface area contributed by atoms with Crippen LogP contribution in [0.25, 0.3) is 33.5 Å². The van der Waals surface area contributed by atoms with Crippen molar-refractivity contribution in [3.63, 3.8) is 0 Å². The number of hydrogen-bond donors (Lipinski definition) is 1. The molecule has 1 amide bonds. The predicted molar refractivity (Wildman–Crippen MR) is 138 cm³/mol. The van der Waals surface area contributed by atoms with Crippen LogP contribution in [-0.2, 0) is 17.6 Å². The van der Waals surface area contributed by atoms with Crippen molar-refractivity contribution >= 4 is 17.4 Å². The first-order valence-corrected chi connectivity index (χ1v) is 12.6.